The maximum absolute atomic E-state index is 2.43. The summed E-state index contributed by atoms with van der Waals surface area (Å²) in [6.45, 7) is -1.50. The van der Waals surface area contributed by atoms with Crippen LogP contribution in [-0.2, 0) is 0 Å². The molecule has 4 aromatic rings. The van der Waals surface area contributed by atoms with Gasteiger partial charge in [0.15, 0.2) is 6.71 Å². The van der Waals surface area contributed by atoms with Crippen molar-refractivity contribution in [1.29, 1.82) is 0 Å². The van der Waals surface area contributed by atoms with Crippen molar-refractivity contribution >= 4 is 34.7 Å². The molecular weight excluding hydrogens is 462 g/mol. The van der Waals surface area contributed by atoms with Crippen molar-refractivity contribution < 1.29 is 0 Å². The van der Waals surface area contributed by atoms with E-state index in [0.717, 1.165) is 11.6 Å². The second-order valence-electron chi connectivity index (χ2n) is 11.0. The van der Waals surface area contributed by atoms with Crippen LogP contribution in [0.25, 0.3) is 0 Å². The van der Waals surface area contributed by atoms with Gasteiger partial charge in [-0.15, -0.1) is 0 Å². The molecule has 0 aliphatic heterocycles. The van der Waals surface area contributed by atoms with Gasteiger partial charge < -0.3 is 0 Å². The summed E-state index contributed by atoms with van der Waals surface area (Å²) in [5.74, 6) is 1.57. The van der Waals surface area contributed by atoms with Crippen molar-refractivity contribution in [3.8, 4) is 0 Å². The molecule has 0 unspecified atom stereocenters. The third-order valence-electron chi connectivity index (χ3n) is 8.99. The number of rotatable bonds is 7. The van der Waals surface area contributed by atoms with Crippen LogP contribution < -0.4 is 15.9 Å². The molecule has 0 saturated heterocycles. The fourth-order valence-electron chi connectivity index (χ4n) is 7.50. The Morgan fingerprint density at radius 1 is 0.459 bits per heavy atom. The van der Waals surface area contributed by atoms with Crippen molar-refractivity contribution in [1.82, 2.24) is 0 Å². The van der Waals surface area contributed by atoms with Crippen LogP contribution in [0.4, 0.5) is 0 Å². The van der Waals surface area contributed by atoms with Gasteiger partial charge in [0.25, 0.3) is 0 Å². The summed E-state index contributed by atoms with van der Waals surface area (Å²) < 4.78 is 0. The van der Waals surface area contributed by atoms with Crippen molar-refractivity contribution in [2.24, 2.45) is 0 Å². The first kappa shape index (κ1) is 24.6. The lowest BCUT2D eigenvalue weighted by Gasteiger charge is -2.39. The van der Waals surface area contributed by atoms with Gasteiger partial charge in [0.05, 0.1) is 0 Å². The van der Waals surface area contributed by atoms with E-state index in [9.17, 15) is 0 Å². The van der Waals surface area contributed by atoms with Gasteiger partial charge in [-0.25, -0.2) is 0 Å². The van der Waals surface area contributed by atoms with E-state index in [2.05, 4.69) is 121 Å². The summed E-state index contributed by atoms with van der Waals surface area (Å²) in [5.41, 5.74) is 1.47. The Balaban J connectivity index is 1.82. The average Bonchev–Trinajstić information content (AvgIpc) is 3.71. The minimum atomic E-state index is -2.13. The van der Waals surface area contributed by atoms with Crippen LogP contribution in [0.3, 0.4) is 0 Å². The summed E-state index contributed by atoms with van der Waals surface area (Å²) >= 11 is 0. The summed E-state index contributed by atoms with van der Waals surface area (Å²) in [7, 11) is 0. The zero-order valence-corrected chi connectivity index (χ0v) is 22.8. The van der Waals surface area contributed by atoms with E-state index in [0.29, 0.717) is 6.71 Å². The SMILES string of the molecule is c1ccc(C(B(C2CCCC2)C2CCCC2)=P(c2ccccc2)(c2ccccc2)c2ccccc2)cc1. The van der Waals surface area contributed by atoms with E-state index in [-0.39, 0.29) is 0 Å². The Bertz CT molecular complexity index is 1200. The van der Waals surface area contributed by atoms with Gasteiger partial charge in [0.2, 0.25) is 0 Å². The zero-order valence-electron chi connectivity index (χ0n) is 21.9. The predicted molar refractivity (Wildman–Crippen MR) is 166 cm³/mol. The monoisotopic (exact) mass is 500 g/mol. The highest BCUT2D eigenvalue weighted by molar-refractivity contribution is 7.98. The van der Waals surface area contributed by atoms with Crippen LogP contribution in [0.15, 0.2) is 121 Å². The van der Waals surface area contributed by atoms with Crippen molar-refractivity contribution in [2.45, 2.75) is 63.0 Å². The summed E-state index contributed by atoms with van der Waals surface area (Å²) in [6, 6.07) is 46.3. The van der Waals surface area contributed by atoms with Crippen molar-refractivity contribution in [2.75, 3.05) is 0 Å². The standard InChI is InChI=1S/C35H38BP/c1-5-17-29(18-6-1)35(36(30-19-13-14-20-30)31-21-15-16-22-31)37(32-23-7-2-8-24-32,33-25-9-3-10-26-33)34-27-11-4-12-28-34/h1-12,17-18,23-28,30-31H,13-16,19-22H2. The Hall–Kier alpha value is -2.76. The fourth-order valence-corrected chi connectivity index (χ4v) is 12.5. The Labute approximate surface area is 224 Å². The maximum atomic E-state index is 2.43. The minimum absolute atomic E-state index is 0.626. The van der Waals surface area contributed by atoms with E-state index < -0.39 is 6.89 Å². The third-order valence-corrected chi connectivity index (χ3v) is 13.5. The molecule has 0 atom stereocenters. The number of benzene rings is 4. The first-order valence-corrected chi connectivity index (χ1v) is 16.2. The van der Waals surface area contributed by atoms with Gasteiger partial charge in [0.1, 0.15) is 0 Å². The molecule has 0 N–H and O–H groups in total. The topological polar surface area (TPSA) is 0 Å². The summed E-state index contributed by atoms with van der Waals surface area (Å²) in [5, 5.41) is 6.22. The summed E-state index contributed by atoms with van der Waals surface area (Å²) in [6.07, 6.45) is 11.1. The molecule has 2 fully saturated rings. The predicted octanol–water partition coefficient (Wildman–Crippen LogP) is 8.12. The zero-order chi connectivity index (χ0) is 24.9. The highest BCUT2D eigenvalue weighted by Gasteiger charge is 2.44. The number of hydrogen-bond donors (Lipinski definition) is 0. The fraction of sp³-hybridized carbons (Fsp3) is 0.286. The number of hydrogen-bond acceptors (Lipinski definition) is 0. The third kappa shape index (κ3) is 4.68. The average molecular weight is 500 g/mol. The van der Waals surface area contributed by atoms with Crippen molar-refractivity contribution in [3.63, 3.8) is 0 Å². The first-order valence-electron chi connectivity index (χ1n) is 14.4. The molecule has 0 amide bonds. The molecule has 2 aliphatic rings. The highest BCUT2D eigenvalue weighted by Crippen LogP contribution is 2.53. The van der Waals surface area contributed by atoms with Crippen LogP contribution in [0.2, 0.25) is 11.6 Å². The normalized spacial score (nSPS) is 16.6. The van der Waals surface area contributed by atoms with Gasteiger partial charge in [-0.1, -0.05) is 190 Å². The van der Waals surface area contributed by atoms with Crippen LogP contribution in [0.1, 0.15) is 56.9 Å². The van der Waals surface area contributed by atoms with E-state index in [1.54, 1.807) is 5.19 Å². The molecule has 37 heavy (non-hydrogen) atoms. The Morgan fingerprint density at radius 2 is 0.784 bits per heavy atom. The molecule has 0 bridgehead atoms. The van der Waals surface area contributed by atoms with Crippen LogP contribution in [0.5, 0.6) is 0 Å². The van der Waals surface area contributed by atoms with Crippen LogP contribution in [0, 0.1) is 0 Å². The summed E-state index contributed by atoms with van der Waals surface area (Å²) in [4.78, 5) is 0. The molecule has 0 heterocycles. The van der Waals surface area contributed by atoms with Crippen LogP contribution >= 0.6 is 6.89 Å². The van der Waals surface area contributed by atoms with Gasteiger partial charge in [-0.3, -0.25) is 0 Å². The lowest BCUT2D eigenvalue weighted by Crippen LogP contribution is -2.42. The second kappa shape index (κ2) is 11.3. The first-order chi connectivity index (χ1) is 18.4. The lowest BCUT2D eigenvalue weighted by molar-refractivity contribution is 0.786. The molecular formula is C35H38BP. The van der Waals surface area contributed by atoms with Gasteiger partial charge in [-0.05, 0) is 28.4 Å². The molecule has 2 aliphatic carbocycles. The molecule has 186 valence electrons. The molecule has 0 spiro atoms. The Morgan fingerprint density at radius 3 is 1.14 bits per heavy atom. The quantitative estimate of drug-likeness (QED) is 0.178. The van der Waals surface area contributed by atoms with Gasteiger partial charge in [-0.2, -0.15) is 0 Å². The maximum Gasteiger partial charge on any atom is 0.184 e. The largest absolute Gasteiger partial charge is 0.184 e. The van der Waals surface area contributed by atoms with E-state index in [1.165, 1.54) is 72.8 Å². The smallest absolute Gasteiger partial charge is 0.0624 e. The molecule has 2 saturated carbocycles. The second-order valence-corrected chi connectivity index (χ2v) is 14.4. The van der Waals surface area contributed by atoms with E-state index in [1.807, 2.05) is 0 Å². The molecule has 4 aromatic carbocycles. The molecule has 0 nitrogen and oxygen atoms in total. The van der Waals surface area contributed by atoms with Gasteiger partial charge in [0, 0.05) is 0 Å². The molecule has 0 radical (unpaired) electrons. The molecule has 6 rings (SSSR count). The van der Waals surface area contributed by atoms with Crippen LogP contribution in [-0.4, -0.2) is 11.9 Å². The lowest BCUT2D eigenvalue weighted by atomic mass is 9.30. The van der Waals surface area contributed by atoms with E-state index in [4.69, 9.17) is 0 Å². The van der Waals surface area contributed by atoms with Crippen molar-refractivity contribution in [3.05, 3.63) is 127 Å². The minimum Gasteiger partial charge on any atom is -0.0624 e. The van der Waals surface area contributed by atoms with Gasteiger partial charge >= 0.3 is 0 Å². The molecule has 2 heteroatoms. The highest BCUT2D eigenvalue weighted by atomic mass is 31.2. The Kier molecular flexibility index (Phi) is 7.52. The van der Waals surface area contributed by atoms with E-state index >= 15 is 0 Å². The molecule has 0 aromatic heterocycles.